The smallest absolute Gasteiger partial charge is 0.336 e. The summed E-state index contributed by atoms with van der Waals surface area (Å²) in [5.41, 5.74) is 0.216. The van der Waals surface area contributed by atoms with Gasteiger partial charge in [0, 0.05) is 0 Å². The lowest BCUT2D eigenvalue weighted by Crippen LogP contribution is -2.53. The minimum absolute atomic E-state index is 0.0514. The molecule has 0 bridgehead atoms. The molecule has 3 heterocycles. The Balaban J connectivity index is 1.50. The summed E-state index contributed by atoms with van der Waals surface area (Å²) in [6.07, 6.45) is -1.36. The molecule has 0 amide bonds. The van der Waals surface area contributed by atoms with E-state index in [0.29, 0.717) is 18.4 Å². The van der Waals surface area contributed by atoms with Gasteiger partial charge < -0.3 is 14.2 Å². The Morgan fingerprint density at radius 2 is 1.04 bits per heavy atom. The van der Waals surface area contributed by atoms with Crippen LogP contribution in [0.4, 0.5) is 0 Å². The van der Waals surface area contributed by atoms with E-state index in [9.17, 15) is 0 Å². The zero-order valence-electron chi connectivity index (χ0n) is 28.4. The van der Waals surface area contributed by atoms with Gasteiger partial charge in [-0.05, 0) is 55.9 Å². The lowest BCUT2D eigenvalue weighted by atomic mass is 9.72. The number of fused-ring (bicyclic) bond motifs is 1. The Labute approximate surface area is 285 Å². The van der Waals surface area contributed by atoms with Crippen LogP contribution in [0.5, 0.6) is 0 Å². The summed E-state index contributed by atoms with van der Waals surface area (Å²) < 4.78 is 42.2. The van der Waals surface area contributed by atoms with Crippen molar-refractivity contribution >= 4 is 14.5 Å². The molecule has 0 N–H and O–H groups in total. The van der Waals surface area contributed by atoms with Crippen LogP contribution >= 0.6 is 8.60 Å². The Hall–Kier alpha value is -3.42. The van der Waals surface area contributed by atoms with Crippen LogP contribution < -0.4 is 0 Å². The molecule has 0 aliphatic carbocycles. The van der Waals surface area contributed by atoms with E-state index in [4.69, 9.17) is 32.8 Å². The lowest BCUT2D eigenvalue weighted by molar-refractivity contribution is -0.177. The van der Waals surface area contributed by atoms with Gasteiger partial charge >= 0.3 is 8.60 Å². The van der Waals surface area contributed by atoms with Gasteiger partial charge in [0.25, 0.3) is 0 Å². The Morgan fingerprint density at radius 3 is 1.38 bits per heavy atom. The fourth-order valence-electron chi connectivity index (χ4n) is 6.98. The van der Waals surface area contributed by atoms with Gasteiger partial charge in [-0.3, -0.25) is 13.6 Å². The maximum absolute atomic E-state index is 7.45. The highest BCUT2D eigenvalue weighted by Crippen LogP contribution is 2.66. The summed E-state index contributed by atoms with van der Waals surface area (Å²) in [4.78, 5) is 4.95. The van der Waals surface area contributed by atoms with Crippen molar-refractivity contribution in [1.82, 2.24) is 0 Å². The molecule has 4 aromatic carbocycles. The van der Waals surface area contributed by atoms with E-state index in [-0.39, 0.29) is 6.04 Å². The number of ether oxygens (including phenoxy) is 3. The van der Waals surface area contributed by atoms with Gasteiger partial charge in [0.1, 0.15) is 24.4 Å². The fraction of sp³-hybridized carbons (Fsp3) is 0.375. The highest BCUT2D eigenvalue weighted by molar-refractivity contribution is 7.41. The first-order chi connectivity index (χ1) is 23.1. The van der Waals surface area contributed by atoms with Crippen LogP contribution in [-0.4, -0.2) is 42.1 Å². The molecule has 0 saturated carbocycles. The van der Waals surface area contributed by atoms with Gasteiger partial charge in [-0.1, -0.05) is 135 Å². The highest BCUT2D eigenvalue weighted by Gasteiger charge is 2.67. The van der Waals surface area contributed by atoms with Crippen molar-refractivity contribution in [1.29, 1.82) is 0 Å². The molecular weight excluding hydrogens is 621 g/mol. The third-order valence-corrected chi connectivity index (χ3v) is 10.9. The van der Waals surface area contributed by atoms with E-state index in [1.807, 2.05) is 100 Å². The molecule has 8 heteroatoms. The zero-order chi connectivity index (χ0) is 33.6. The summed E-state index contributed by atoms with van der Waals surface area (Å²) in [6, 6.07) is 40.8. The van der Waals surface area contributed by atoms with Gasteiger partial charge in [0.15, 0.2) is 17.0 Å². The number of aliphatic imine (C=N–C) groups is 1. The first kappa shape index (κ1) is 33.1. The van der Waals surface area contributed by atoms with Crippen molar-refractivity contribution in [2.45, 2.75) is 82.4 Å². The molecule has 3 aliphatic rings. The van der Waals surface area contributed by atoms with Gasteiger partial charge in [-0.2, -0.15) is 0 Å². The maximum Gasteiger partial charge on any atom is 0.336 e. The van der Waals surface area contributed by atoms with E-state index in [1.165, 1.54) is 0 Å². The van der Waals surface area contributed by atoms with Crippen LogP contribution in [-0.2, 0) is 39.0 Å². The summed E-state index contributed by atoms with van der Waals surface area (Å²) in [7, 11) is -2.18. The predicted molar refractivity (Wildman–Crippen MR) is 187 cm³/mol. The van der Waals surface area contributed by atoms with Crippen molar-refractivity contribution < 1.29 is 27.8 Å². The Kier molecular flexibility index (Phi) is 8.82. The first-order valence-electron chi connectivity index (χ1n) is 16.7. The number of nitrogens with zero attached hydrogens (tertiary/aromatic N) is 1. The predicted octanol–water partition coefficient (Wildman–Crippen LogP) is 8.92. The monoisotopic (exact) mass is 665 g/mol. The normalized spacial score (nSPS) is 25.9. The average Bonchev–Trinajstić information content (AvgIpc) is 3.71. The number of rotatable bonds is 8. The van der Waals surface area contributed by atoms with E-state index in [2.05, 4.69) is 62.4 Å². The topological polar surface area (TPSA) is 67.7 Å². The van der Waals surface area contributed by atoms with Gasteiger partial charge in [0.2, 0.25) is 5.90 Å². The lowest BCUT2D eigenvalue weighted by Gasteiger charge is -2.41. The van der Waals surface area contributed by atoms with Crippen LogP contribution in [0.25, 0.3) is 0 Å². The van der Waals surface area contributed by atoms with E-state index in [0.717, 1.165) is 22.3 Å². The maximum atomic E-state index is 7.45. The second kappa shape index (κ2) is 12.8. The Bertz CT molecular complexity index is 1530. The molecule has 0 spiro atoms. The van der Waals surface area contributed by atoms with Crippen LogP contribution in [0, 0.1) is 5.92 Å². The highest BCUT2D eigenvalue weighted by atomic mass is 31.2. The quantitative estimate of drug-likeness (QED) is 0.175. The van der Waals surface area contributed by atoms with Crippen LogP contribution in [0.3, 0.4) is 0 Å². The average molecular weight is 666 g/mol. The molecule has 3 unspecified atom stereocenters. The first-order valence-corrected chi connectivity index (χ1v) is 17.8. The number of benzene rings is 4. The van der Waals surface area contributed by atoms with Crippen molar-refractivity contribution in [2.75, 3.05) is 6.61 Å². The summed E-state index contributed by atoms with van der Waals surface area (Å²) in [6.45, 7) is 12.6. The third-order valence-electron chi connectivity index (χ3n) is 9.41. The second-order valence-electron chi connectivity index (χ2n) is 14.0. The van der Waals surface area contributed by atoms with Crippen LogP contribution in [0.15, 0.2) is 126 Å². The van der Waals surface area contributed by atoms with E-state index < -0.39 is 43.4 Å². The molecule has 3 aliphatic heterocycles. The fourth-order valence-corrected chi connectivity index (χ4v) is 8.64. The van der Waals surface area contributed by atoms with Crippen LogP contribution in [0.2, 0.25) is 0 Å². The molecule has 2 fully saturated rings. The van der Waals surface area contributed by atoms with Gasteiger partial charge in [0.05, 0.1) is 6.04 Å². The van der Waals surface area contributed by atoms with Crippen molar-refractivity contribution in [3.63, 3.8) is 0 Å². The summed E-state index contributed by atoms with van der Waals surface area (Å²) >= 11 is 0. The van der Waals surface area contributed by atoms with Crippen LogP contribution in [0.1, 0.15) is 63.8 Å². The molecule has 4 aromatic rings. The molecular formula is C40H44NO6P. The molecule has 7 rings (SSSR count). The third kappa shape index (κ3) is 5.81. The molecule has 2 saturated heterocycles. The Morgan fingerprint density at radius 1 is 0.667 bits per heavy atom. The zero-order valence-corrected chi connectivity index (χ0v) is 29.3. The number of hydrogen-bond donors (Lipinski definition) is 0. The van der Waals surface area contributed by atoms with Crippen molar-refractivity contribution in [3.8, 4) is 0 Å². The molecule has 250 valence electrons. The van der Waals surface area contributed by atoms with Crippen molar-refractivity contribution in [2.24, 2.45) is 10.9 Å². The SMILES string of the molecule is CC(C)C1COC(C(C)(C)OP2OC(c3ccccc3)(c3ccccc3)C3OC(C)(C)OC3C(c3ccccc3)(c3ccccc3)O2)=N1. The molecule has 7 nitrogen and oxygen atoms in total. The molecule has 3 atom stereocenters. The van der Waals surface area contributed by atoms with Gasteiger partial charge in [-0.15, -0.1) is 0 Å². The van der Waals surface area contributed by atoms with Gasteiger partial charge in [-0.25, -0.2) is 4.99 Å². The largest absolute Gasteiger partial charge is 0.477 e. The van der Waals surface area contributed by atoms with E-state index >= 15 is 0 Å². The number of hydrogen-bond acceptors (Lipinski definition) is 7. The molecule has 0 radical (unpaired) electrons. The minimum Gasteiger partial charge on any atom is -0.477 e. The van der Waals surface area contributed by atoms with E-state index in [1.54, 1.807) is 0 Å². The molecule has 0 aromatic heterocycles. The van der Waals surface area contributed by atoms with Crippen molar-refractivity contribution in [3.05, 3.63) is 144 Å². The summed E-state index contributed by atoms with van der Waals surface area (Å²) in [5.74, 6) is -0.104. The summed E-state index contributed by atoms with van der Waals surface area (Å²) in [5, 5.41) is 0. The second-order valence-corrected chi connectivity index (χ2v) is 15.0. The standard InChI is InChI=1S/C40H44NO6P/c1-28(2)33-27-42-36(41-33)37(3,4)45-48-46-39(29-19-11-7-12-20-29,30-21-13-8-14-22-30)34-35(44-38(5,6)43-34)40(47-48,31-23-15-9-16-24-31)32-25-17-10-18-26-32/h7-26,28,33-35H,27H2,1-6H3. The minimum atomic E-state index is -2.18. The molecule has 48 heavy (non-hydrogen) atoms.